The Kier molecular flexibility index (Phi) is 8.16. The summed E-state index contributed by atoms with van der Waals surface area (Å²) in [6.07, 6.45) is 0. The van der Waals surface area contributed by atoms with Crippen molar-refractivity contribution >= 4 is 40.0 Å². The number of nitrogens with one attached hydrogen (secondary N) is 1. The lowest BCUT2D eigenvalue weighted by Gasteiger charge is -2.12. The Hall–Kier alpha value is -4.90. The van der Waals surface area contributed by atoms with E-state index in [1.165, 1.54) is 6.92 Å². The van der Waals surface area contributed by atoms with Crippen molar-refractivity contribution in [3.63, 3.8) is 0 Å². The van der Waals surface area contributed by atoms with Gasteiger partial charge in [0.05, 0.1) is 43.9 Å². The van der Waals surface area contributed by atoms with Gasteiger partial charge in [-0.3, -0.25) is 9.59 Å². The van der Waals surface area contributed by atoms with E-state index in [1.54, 1.807) is 45.6 Å². The first kappa shape index (κ1) is 27.7. The maximum absolute atomic E-state index is 12.5. The lowest BCUT2D eigenvalue weighted by molar-refractivity contribution is -0.113. The van der Waals surface area contributed by atoms with Crippen LogP contribution in [0.1, 0.15) is 17.3 Å². The average Bonchev–Trinajstić information content (AvgIpc) is 3.48. The van der Waals surface area contributed by atoms with Crippen molar-refractivity contribution in [3.8, 4) is 40.0 Å². The minimum atomic E-state index is -0.250. The number of methoxy groups -OCH3 is 3. The molecule has 0 spiro atoms. The van der Waals surface area contributed by atoms with E-state index in [2.05, 4.69) is 15.5 Å². The van der Waals surface area contributed by atoms with Gasteiger partial charge in [0.2, 0.25) is 11.8 Å². The predicted molar refractivity (Wildman–Crippen MR) is 156 cm³/mol. The van der Waals surface area contributed by atoms with Gasteiger partial charge in [-0.1, -0.05) is 11.8 Å². The van der Waals surface area contributed by atoms with Crippen molar-refractivity contribution in [1.82, 2.24) is 15.2 Å². The number of benzene rings is 3. The second-order valence-corrected chi connectivity index (χ2v) is 9.78. The number of ketones is 1. The molecule has 0 aliphatic rings. The number of hydrogen-bond donors (Lipinski definition) is 1. The van der Waals surface area contributed by atoms with Gasteiger partial charge in [0.1, 0.15) is 5.75 Å². The van der Waals surface area contributed by atoms with Crippen LogP contribution in [0, 0.1) is 0 Å². The van der Waals surface area contributed by atoms with Gasteiger partial charge in [0.15, 0.2) is 17.3 Å². The van der Waals surface area contributed by atoms with Gasteiger partial charge in [-0.05, 0) is 73.7 Å². The topological polar surface area (TPSA) is 126 Å². The number of hydrogen-bond acceptors (Lipinski definition) is 10. The van der Waals surface area contributed by atoms with Crippen LogP contribution in [0.3, 0.4) is 0 Å². The van der Waals surface area contributed by atoms with Crippen LogP contribution in [0.5, 0.6) is 17.2 Å². The molecule has 5 aromatic rings. The van der Waals surface area contributed by atoms with Crippen LogP contribution in [0.4, 0.5) is 5.69 Å². The number of fused-ring (bicyclic) bond motifs is 1. The van der Waals surface area contributed by atoms with Crippen molar-refractivity contribution in [3.05, 3.63) is 72.3 Å². The zero-order chi connectivity index (χ0) is 28.9. The number of ether oxygens (including phenoxy) is 3. The minimum Gasteiger partial charge on any atom is -0.497 e. The van der Waals surface area contributed by atoms with Crippen LogP contribution in [-0.2, 0) is 4.79 Å². The zero-order valence-corrected chi connectivity index (χ0v) is 23.6. The molecule has 1 amide bonds. The summed E-state index contributed by atoms with van der Waals surface area (Å²) in [6, 6.07) is 19.7. The molecule has 10 nitrogen and oxygen atoms in total. The number of nitrogens with zero attached hydrogens (tertiary/aromatic N) is 3. The smallest absolute Gasteiger partial charge is 0.277 e. The molecule has 0 saturated carbocycles. The summed E-state index contributed by atoms with van der Waals surface area (Å²) in [7, 11) is 4.75. The van der Waals surface area contributed by atoms with Crippen LogP contribution < -0.4 is 19.5 Å². The van der Waals surface area contributed by atoms with E-state index in [-0.39, 0.29) is 28.6 Å². The Morgan fingerprint density at radius 1 is 0.878 bits per heavy atom. The third-order valence-corrected chi connectivity index (χ3v) is 7.05. The monoisotopic (exact) mass is 570 g/mol. The molecule has 1 N–H and O–H groups in total. The van der Waals surface area contributed by atoms with Crippen LogP contribution in [0.25, 0.3) is 33.6 Å². The first-order chi connectivity index (χ1) is 19.9. The van der Waals surface area contributed by atoms with Gasteiger partial charge in [0, 0.05) is 22.2 Å². The number of rotatable bonds is 10. The highest BCUT2D eigenvalue weighted by molar-refractivity contribution is 7.99. The van der Waals surface area contributed by atoms with Gasteiger partial charge in [-0.2, -0.15) is 0 Å². The predicted octanol–water partition coefficient (Wildman–Crippen LogP) is 5.91. The molecule has 0 saturated heterocycles. The summed E-state index contributed by atoms with van der Waals surface area (Å²) in [4.78, 5) is 28.8. The molecule has 208 valence electrons. The highest BCUT2D eigenvalue weighted by Crippen LogP contribution is 2.37. The highest BCUT2D eigenvalue weighted by Gasteiger charge is 2.18. The molecule has 41 heavy (non-hydrogen) atoms. The first-order valence-electron chi connectivity index (χ1n) is 12.5. The second-order valence-electron chi connectivity index (χ2n) is 8.85. The molecule has 0 fully saturated rings. The van der Waals surface area contributed by atoms with Crippen LogP contribution in [0.15, 0.2) is 76.4 Å². The molecule has 11 heteroatoms. The number of carbonyl (C=O) groups is 2. The summed E-state index contributed by atoms with van der Waals surface area (Å²) in [6.45, 7) is 1.49. The van der Waals surface area contributed by atoms with E-state index in [1.807, 2.05) is 42.5 Å². The summed E-state index contributed by atoms with van der Waals surface area (Å²) in [5.41, 5.74) is 4.01. The number of anilines is 1. The Morgan fingerprint density at radius 3 is 2.37 bits per heavy atom. The number of pyridine rings is 1. The molecule has 3 aromatic carbocycles. The quantitative estimate of drug-likeness (QED) is 0.160. The fourth-order valence-corrected chi connectivity index (χ4v) is 4.70. The summed E-state index contributed by atoms with van der Waals surface area (Å²) in [5, 5.41) is 12.2. The van der Waals surface area contributed by atoms with E-state index in [9.17, 15) is 9.59 Å². The standard InChI is InChI=1S/C30H26N4O6S/c1-17(35)18-5-8-20(9-6-18)31-28(36)16-41-30-34-33-29(40-30)23-15-25(19-7-12-26(38-3)27(13-19)39-4)32-24-11-10-21(37-2)14-22(23)24/h5-15H,16H2,1-4H3,(H,31,36). The van der Waals surface area contributed by atoms with Gasteiger partial charge in [0.25, 0.3) is 5.22 Å². The van der Waals surface area contributed by atoms with Crippen molar-refractivity contribution in [2.45, 2.75) is 12.1 Å². The van der Waals surface area contributed by atoms with Gasteiger partial charge < -0.3 is 23.9 Å². The Bertz CT molecular complexity index is 1740. The molecule has 5 rings (SSSR count). The van der Waals surface area contributed by atoms with Gasteiger partial charge >= 0.3 is 0 Å². The SMILES string of the molecule is COc1ccc2nc(-c3ccc(OC)c(OC)c3)cc(-c3nnc(SCC(=O)Nc4ccc(C(C)=O)cc4)o3)c2c1. The molecule has 0 atom stereocenters. The number of amides is 1. The summed E-state index contributed by atoms with van der Waals surface area (Å²) >= 11 is 1.12. The molecular formula is C30H26N4O6S. The summed E-state index contributed by atoms with van der Waals surface area (Å²) in [5.74, 6) is 1.88. The Morgan fingerprint density at radius 2 is 1.66 bits per heavy atom. The van der Waals surface area contributed by atoms with Crippen LogP contribution in [0.2, 0.25) is 0 Å². The van der Waals surface area contributed by atoms with Gasteiger partial charge in [-0.15, -0.1) is 10.2 Å². The number of carbonyl (C=O) groups excluding carboxylic acids is 2. The second kappa shape index (κ2) is 12.1. The molecule has 2 aromatic heterocycles. The average molecular weight is 571 g/mol. The lowest BCUT2D eigenvalue weighted by Crippen LogP contribution is -2.14. The highest BCUT2D eigenvalue weighted by atomic mass is 32.2. The first-order valence-corrected chi connectivity index (χ1v) is 13.5. The number of aromatic nitrogens is 3. The Labute approximate surface area is 240 Å². The van der Waals surface area contributed by atoms with Crippen molar-refractivity contribution in [1.29, 1.82) is 0 Å². The van der Waals surface area contributed by atoms with Crippen molar-refractivity contribution in [2.75, 3.05) is 32.4 Å². The molecule has 0 radical (unpaired) electrons. The van der Waals surface area contributed by atoms with E-state index in [4.69, 9.17) is 23.6 Å². The molecule has 0 unspecified atom stereocenters. The zero-order valence-electron chi connectivity index (χ0n) is 22.8. The van der Waals surface area contributed by atoms with E-state index >= 15 is 0 Å². The van der Waals surface area contributed by atoms with E-state index < -0.39 is 0 Å². The fraction of sp³-hybridized carbons (Fsp3) is 0.167. The fourth-order valence-electron chi connectivity index (χ4n) is 4.14. The molecule has 0 bridgehead atoms. The molecule has 0 aliphatic heterocycles. The Balaban J connectivity index is 1.41. The van der Waals surface area contributed by atoms with E-state index in [0.717, 1.165) is 22.7 Å². The van der Waals surface area contributed by atoms with Crippen LogP contribution in [-0.4, -0.2) is 54.0 Å². The largest absolute Gasteiger partial charge is 0.497 e. The van der Waals surface area contributed by atoms with Crippen molar-refractivity contribution < 1.29 is 28.2 Å². The van der Waals surface area contributed by atoms with Gasteiger partial charge in [-0.25, -0.2) is 4.98 Å². The number of Topliss-reactive ketones (excluding diaryl/α,β-unsaturated/α-hetero) is 1. The lowest BCUT2D eigenvalue weighted by atomic mass is 10.0. The molecular weight excluding hydrogens is 544 g/mol. The van der Waals surface area contributed by atoms with E-state index in [0.29, 0.717) is 45.3 Å². The molecule has 2 heterocycles. The number of thioether (sulfide) groups is 1. The van der Waals surface area contributed by atoms with Crippen LogP contribution >= 0.6 is 11.8 Å². The maximum atomic E-state index is 12.5. The third kappa shape index (κ3) is 6.15. The minimum absolute atomic E-state index is 0.0399. The third-order valence-electron chi connectivity index (χ3n) is 6.23. The summed E-state index contributed by atoms with van der Waals surface area (Å²) < 4.78 is 22.2. The van der Waals surface area contributed by atoms with Crippen molar-refractivity contribution in [2.24, 2.45) is 0 Å². The normalized spacial score (nSPS) is 10.8. The maximum Gasteiger partial charge on any atom is 0.277 e. The molecule has 0 aliphatic carbocycles.